The molecule has 49 valence electrons. The molecule has 0 spiro atoms. The molecule has 0 saturated heterocycles. The third kappa shape index (κ3) is 1.12. The van der Waals surface area contributed by atoms with Gasteiger partial charge in [-0.05, 0) is 13.0 Å². The standard InChI is InChI=1S/C7H11N2/c1-4-7-5-6(2)8-9(7)3/h4-5H,1-3H3. The summed E-state index contributed by atoms with van der Waals surface area (Å²) in [6, 6.07) is 2.06. The number of hydrogen-bond acceptors (Lipinski definition) is 1. The van der Waals surface area contributed by atoms with E-state index in [1.165, 1.54) is 5.69 Å². The largest absolute Gasteiger partial charge is 0.272 e. The summed E-state index contributed by atoms with van der Waals surface area (Å²) in [6.07, 6.45) is 2.04. The van der Waals surface area contributed by atoms with Gasteiger partial charge in [0.05, 0.1) is 5.69 Å². The summed E-state index contributed by atoms with van der Waals surface area (Å²) in [4.78, 5) is 0. The minimum atomic E-state index is 1.07. The van der Waals surface area contributed by atoms with Gasteiger partial charge in [-0.25, -0.2) is 0 Å². The normalized spacial score (nSPS) is 10.1. The fourth-order valence-corrected chi connectivity index (χ4v) is 0.901. The first-order valence-electron chi connectivity index (χ1n) is 3.04. The Morgan fingerprint density at radius 2 is 2.33 bits per heavy atom. The fraction of sp³-hybridized carbons (Fsp3) is 0.429. The van der Waals surface area contributed by atoms with Crippen LogP contribution in [0.15, 0.2) is 6.07 Å². The topological polar surface area (TPSA) is 17.8 Å². The van der Waals surface area contributed by atoms with Gasteiger partial charge in [-0.2, -0.15) is 5.10 Å². The van der Waals surface area contributed by atoms with Crippen LogP contribution in [0.3, 0.4) is 0 Å². The third-order valence-corrected chi connectivity index (χ3v) is 1.33. The highest BCUT2D eigenvalue weighted by Crippen LogP contribution is 2.02. The summed E-state index contributed by atoms with van der Waals surface area (Å²) in [6.45, 7) is 4.00. The summed E-state index contributed by atoms with van der Waals surface area (Å²) in [7, 11) is 1.95. The van der Waals surface area contributed by atoms with E-state index >= 15 is 0 Å². The molecule has 0 atom stereocenters. The summed E-state index contributed by atoms with van der Waals surface area (Å²) in [5.74, 6) is 0. The second kappa shape index (κ2) is 2.21. The number of hydrogen-bond donors (Lipinski definition) is 0. The van der Waals surface area contributed by atoms with Crippen LogP contribution in [-0.2, 0) is 7.05 Å². The lowest BCUT2D eigenvalue weighted by Gasteiger charge is -1.92. The van der Waals surface area contributed by atoms with Crippen LogP contribution in [0.5, 0.6) is 0 Å². The first kappa shape index (κ1) is 6.33. The molecule has 0 bridgehead atoms. The highest BCUT2D eigenvalue weighted by Gasteiger charge is 1.96. The van der Waals surface area contributed by atoms with E-state index in [0.29, 0.717) is 0 Å². The molecule has 0 saturated carbocycles. The molecule has 2 nitrogen and oxygen atoms in total. The first-order valence-corrected chi connectivity index (χ1v) is 3.04. The molecular weight excluding hydrogens is 112 g/mol. The number of rotatable bonds is 1. The van der Waals surface area contributed by atoms with Crippen LogP contribution in [0.2, 0.25) is 0 Å². The van der Waals surface area contributed by atoms with Crippen molar-refractivity contribution in [1.82, 2.24) is 9.78 Å². The summed E-state index contributed by atoms with van der Waals surface area (Å²) >= 11 is 0. The second-order valence-corrected chi connectivity index (χ2v) is 2.12. The number of aryl methyl sites for hydroxylation is 2. The fourth-order valence-electron chi connectivity index (χ4n) is 0.901. The van der Waals surface area contributed by atoms with Gasteiger partial charge in [0.1, 0.15) is 0 Å². The molecule has 9 heavy (non-hydrogen) atoms. The van der Waals surface area contributed by atoms with Crippen molar-refractivity contribution in [2.75, 3.05) is 0 Å². The summed E-state index contributed by atoms with van der Waals surface area (Å²) in [5.41, 5.74) is 2.25. The summed E-state index contributed by atoms with van der Waals surface area (Å²) in [5, 5.41) is 4.17. The van der Waals surface area contributed by atoms with Crippen LogP contribution < -0.4 is 0 Å². The van der Waals surface area contributed by atoms with Crippen molar-refractivity contribution in [3.05, 3.63) is 23.9 Å². The Hall–Kier alpha value is -0.790. The Bertz CT molecular complexity index is 201. The lowest BCUT2D eigenvalue weighted by atomic mass is 10.3. The van der Waals surface area contributed by atoms with Crippen molar-refractivity contribution < 1.29 is 0 Å². The van der Waals surface area contributed by atoms with Crippen LogP contribution in [0.1, 0.15) is 18.3 Å². The Kier molecular flexibility index (Phi) is 1.56. The molecule has 0 fully saturated rings. The van der Waals surface area contributed by atoms with Gasteiger partial charge in [-0.3, -0.25) is 4.68 Å². The van der Waals surface area contributed by atoms with Gasteiger partial charge in [0.25, 0.3) is 0 Å². The van der Waals surface area contributed by atoms with E-state index in [1.807, 2.05) is 32.0 Å². The van der Waals surface area contributed by atoms with Crippen molar-refractivity contribution in [1.29, 1.82) is 0 Å². The van der Waals surface area contributed by atoms with Crippen LogP contribution in [0.4, 0.5) is 0 Å². The van der Waals surface area contributed by atoms with Gasteiger partial charge in [0.2, 0.25) is 0 Å². The number of aromatic nitrogens is 2. The molecular formula is C7H11N2. The molecule has 0 aliphatic rings. The Morgan fingerprint density at radius 3 is 2.56 bits per heavy atom. The molecule has 1 radical (unpaired) electrons. The lowest BCUT2D eigenvalue weighted by molar-refractivity contribution is 0.736. The van der Waals surface area contributed by atoms with Crippen molar-refractivity contribution in [3.63, 3.8) is 0 Å². The maximum absolute atomic E-state index is 4.17. The van der Waals surface area contributed by atoms with Gasteiger partial charge in [0.15, 0.2) is 0 Å². The zero-order valence-corrected chi connectivity index (χ0v) is 6.05. The predicted molar refractivity (Wildman–Crippen MR) is 37.0 cm³/mol. The van der Waals surface area contributed by atoms with E-state index < -0.39 is 0 Å². The van der Waals surface area contributed by atoms with Crippen LogP contribution in [0, 0.1) is 13.3 Å². The zero-order valence-electron chi connectivity index (χ0n) is 6.05. The first-order chi connectivity index (χ1) is 4.24. The van der Waals surface area contributed by atoms with Gasteiger partial charge in [-0.1, -0.05) is 6.92 Å². The minimum absolute atomic E-state index is 1.07. The van der Waals surface area contributed by atoms with E-state index in [-0.39, 0.29) is 0 Å². The van der Waals surface area contributed by atoms with E-state index in [2.05, 4.69) is 11.2 Å². The number of nitrogens with zero attached hydrogens (tertiary/aromatic N) is 2. The molecule has 0 aliphatic heterocycles. The zero-order chi connectivity index (χ0) is 6.85. The second-order valence-electron chi connectivity index (χ2n) is 2.12. The van der Waals surface area contributed by atoms with Crippen molar-refractivity contribution in [3.8, 4) is 0 Å². The molecule has 1 aromatic rings. The van der Waals surface area contributed by atoms with Crippen LogP contribution in [0.25, 0.3) is 0 Å². The smallest absolute Gasteiger partial charge is 0.0596 e. The molecule has 0 unspecified atom stereocenters. The molecule has 2 heteroatoms. The molecule has 1 aromatic heterocycles. The molecule has 1 heterocycles. The lowest BCUT2D eigenvalue weighted by Crippen LogP contribution is -1.94. The quantitative estimate of drug-likeness (QED) is 0.550. The predicted octanol–water partition coefficient (Wildman–Crippen LogP) is 1.30. The van der Waals surface area contributed by atoms with Crippen LogP contribution >= 0.6 is 0 Å². The summed E-state index contributed by atoms with van der Waals surface area (Å²) < 4.78 is 1.87. The molecule has 1 rings (SSSR count). The van der Waals surface area contributed by atoms with Crippen molar-refractivity contribution >= 4 is 0 Å². The van der Waals surface area contributed by atoms with E-state index in [0.717, 1.165) is 5.69 Å². The average Bonchev–Trinajstić information content (AvgIpc) is 2.10. The van der Waals surface area contributed by atoms with E-state index in [9.17, 15) is 0 Å². The maximum Gasteiger partial charge on any atom is 0.0596 e. The van der Waals surface area contributed by atoms with Crippen LogP contribution in [-0.4, -0.2) is 9.78 Å². The molecule has 0 aliphatic carbocycles. The molecule has 0 amide bonds. The van der Waals surface area contributed by atoms with Gasteiger partial charge in [-0.15, -0.1) is 0 Å². The Morgan fingerprint density at radius 1 is 1.67 bits per heavy atom. The molecule has 0 aromatic carbocycles. The Labute approximate surface area is 55.5 Å². The average molecular weight is 123 g/mol. The SMILES string of the molecule is C[CH]c1cc(C)nn1C. The maximum atomic E-state index is 4.17. The van der Waals surface area contributed by atoms with Gasteiger partial charge in [0, 0.05) is 19.2 Å². The van der Waals surface area contributed by atoms with Gasteiger partial charge >= 0.3 is 0 Å². The highest BCUT2D eigenvalue weighted by molar-refractivity contribution is 5.15. The van der Waals surface area contributed by atoms with E-state index in [1.54, 1.807) is 0 Å². The van der Waals surface area contributed by atoms with E-state index in [4.69, 9.17) is 0 Å². The Balaban J connectivity index is 3.01. The molecule has 0 N–H and O–H groups in total. The minimum Gasteiger partial charge on any atom is -0.272 e. The van der Waals surface area contributed by atoms with Gasteiger partial charge < -0.3 is 0 Å². The van der Waals surface area contributed by atoms with Crippen molar-refractivity contribution in [2.45, 2.75) is 13.8 Å². The highest BCUT2D eigenvalue weighted by atomic mass is 15.3. The third-order valence-electron chi connectivity index (χ3n) is 1.33. The van der Waals surface area contributed by atoms with Crippen molar-refractivity contribution in [2.24, 2.45) is 7.05 Å². The monoisotopic (exact) mass is 123 g/mol.